The van der Waals surface area contributed by atoms with Gasteiger partial charge in [-0.05, 0) is 57.5 Å². The highest BCUT2D eigenvalue weighted by molar-refractivity contribution is 7.80. The topological polar surface area (TPSA) is 42.5 Å². The van der Waals surface area contributed by atoms with Gasteiger partial charge in [-0.15, -0.1) is 0 Å². The minimum Gasteiger partial charge on any atom is -0.491 e. The molecule has 0 spiro atoms. The lowest BCUT2D eigenvalue weighted by Crippen LogP contribution is -2.30. The van der Waals surface area contributed by atoms with Gasteiger partial charge in [0.15, 0.2) is 5.11 Å². The molecule has 1 aromatic rings. The molecule has 0 radical (unpaired) electrons. The quantitative estimate of drug-likeness (QED) is 0.552. The van der Waals surface area contributed by atoms with Crippen molar-refractivity contribution < 1.29 is 9.47 Å². The molecule has 0 amide bonds. The van der Waals surface area contributed by atoms with E-state index in [-0.39, 0.29) is 6.10 Å². The zero-order valence-corrected chi connectivity index (χ0v) is 15.0. The summed E-state index contributed by atoms with van der Waals surface area (Å²) in [6, 6.07) is 7.83. The third-order valence-electron chi connectivity index (χ3n) is 3.73. The van der Waals surface area contributed by atoms with Crippen LogP contribution in [-0.4, -0.2) is 30.5 Å². The lowest BCUT2D eigenvalue weighted by atomic mass is 10.3. The summed E-state index contributed by atoms with van der Waals surface area (Å²) in [6.45, 7) is 5.65. The first-order chi connectivity index (χ1) is 11.1. The lowest BCUT2D eigenvalue weighted by Gasteiger charge is -2.14. The molecule has 0 aromatic heterocycles. The molecular weight excluding hydrogens is 308 g/mol. The van der Waals surface area contributed by atoms with Gasteiger partial charge in [-0.25, -0.2) is 0 Å². The zero-order chi connectivity index (χ0) is 16.5. The molecule has 128 valence electrons. The molecule has 1 aromatic carbocycles. The van der Waals surface area contributed by atoms with Crippen molar-refractivity contribution in [3.8, 4) is 5.75 Å². The SMILES string of the molecule is CC(C)Oc1cccc(NC(=S)NCCCOC2CCCC2)c1. The highest BCUT2D eigenvalue weighted by Crippen LogP contribution is 2.21. The van der Waals surface area contributed by atoms with Crippen molar-refractivity contribution in [2.45, 2.75) is 58.2 Å². The Labute approximate surface area is 144 Å². The zero-order valence-electron chi connectivity index (χ0n) is 14.1. The van der Waals surface area contributed by atoms with Gasteiger partial charge in [0.2, 0.25) is 0 Å². The molecule has 4 nitrogen and oxygen atoms in total. The van der Waals surface area contributed by atoms with Crippen LogP contribution < -0.4 is 15.4 Å². The van der Waals surface area contributed by atoms with Gasteiger partial charge in [-0.2, -0.15) is 0 Å². The number of thiocarbonyl (C=S) groups is 1. The van der Waals surface area contributed by atoms with Gasteiger partial charge >= 0.3 is 0 Å². The van der Waals surface area contributed by atoms with Gasteiger partial charge in [0.05, 0.1) is 12.2 Å². The Kier molecular flexibility index (Phi) is 7.62. The van der Waals surface area contributed by atoms with E-state index in [9.17, 15) is 0 Å². The Balaban J connectivity index is 1.62. The van der Waals surface area contributed by atoms with E-state index in [4.69, 9.17) is 21.7 Å². The molecule has 0 aliphatic heterocycles. The molecule has 1 fully saturated rings. The first-order valence-electron chi connectivity index (χ1n) is 8.56. The van der Waals surface area contributed by atoms with Crippen molar-refractivity contribution in [1.82, 2.24) is 5.32 Å². The maximum Gasteiger partial charge on any atom is 0.170 e. The van der Waals surface area contributed by atoms with Crippen LogP contribution in [0.4, 0.5) is 5.69 Å². The van der Waals surface area contributed by atoms with Crippen LogP contribution in [-0.2, 0) is 4.74 Å². The Morgan fingerprint density at radius 2 is 2.09 bits per heavy atom. The van der Waals surface area contributed by atoms with E-state index < -0.39 is 0 Å². The van der Waals surface area contributed by atoms with Crippen LogP contribution >= 0.6 is 12.2 Å². The third-order valence-corrected chi connectivity index (χ3v) is 3.97. The van der Waals surface area contributed by atoms with Crippen LogP contribution in [0.1, 0.15) is 46.0 Å². The first kappa shape index (κ1) is 18.0. The Morgan fingerprint density at radius 1 is 1.30 bits per heavy atom. The highest BCUT2D eigenvalue weighted by Gasteiger charge is 2.14. The van der Waals surface area contributed by atoms with Crippen LogP contribution in [0.3, 0.4) is 0 Å². The molecule has 0 saturated heterocycles. The molecule has 1 aliphatic carbocycles. The fourth-order valence-corrected chi connectivity index (χ4v) is 2.89. The second-order valence-electron chi connectivity index (χ2n) is 6.21. The summed E-state index contributed by atoms with van der Waals surface area (Å²) in [5, 5.41) is 7.04. The van der Waals surface area contributed by atoms with Gasteiger partial charge in [0.25, 0.3) is 0 Å². The lowest BCUT2D eigenvalue weighted by molar-refractivity contribution is 0.0574. The van der Waals surface area contributed by atoms with E-state index in [0.29, 0.717) is 11.2 Å². The fourth-order valence-electron chi connectivity index (χ4n) is 2.67. The van der Waals surface area contributed by atoms with Crippen LogP contribution in [0.2, 0.25) is 0 Å². The summed E-state index contributed by atoms with van der Waals surface area (Å²) in [5.41, 5.74) is 0.933. The van der Waals surface area contributed by atoms with Crippen molar-refractivity contribution >= 4 is 23.0 Å². The summed E-state index contributed by atoms with van der Waals surface area (Å²) < 4.78 is 11.5. The monoisotopic (exact) mass is 336 g/mol. The van der Waals surface area contributed by atoms with Gasteiger partial charge in [0.1, 0.15) is 5.75 Å². The Hall–Kier alpha value is -1.33. The summed E-state index contributed by atoms with van der Waals surface area (Å²) in [6.07, 6.45) is 6.70. The van der Waals surface area contributed by atoms with E-state index in [0.717, 1.165) is 31.0 Å². The number of rotatable bonds is 8. The predicted octanol–water partition coefficient (Wildman–Crippen LogP) is 4.11. The fraction of sp³-hybridized carbons (Fsp3) is 0.611. The molecule has 2 N–H and O–H groups in total. The van der Waals surface area contributed by atoms with E-state index >= 15 is 0 Å². The van der Waals surface area contributed by atoms with E-state index in [2.05, 4.69) is 10.6 Å². The first-order valence-corrected chi connectivity index (χ1v) is 8.97. The number of hydrogen-bond donors (Lipinski definition) is 2. The molecule has 0 unspecified atom stereocenters. The molecule has 1 saturated carbocycles. The maximum absolute atomic E-state index is 5.84. The van der Waals surface area contributed by atoms with Crippen molar-refractivity contribution in [1.29, 1.82) is 0 Å². The summed E-state index contributed by atoms with van der Waals surface area (Å²) in [5.74, 6) is 0.845. The van der Waals surface area contributed by atoms with Gasteiger partial charge in [-0.1, -0.05) is 18.9 Å². The molecule has 23 heavy (non-hydrogen) atoms. The summed E-state index contributed by atoms with van der Waals surface area (Å²) in [4.78, 5) is 0. The van der Waals surface area contributed by atoms with Gasteiger partial charge in [0, 0.05) is 24.9 Å². The molecule has 0 heterocycles. The Morgan fingerprint density at radius 3 is 2.83 bits per heavy atom. The molecular formula is C18H28N2O2S. The Bertz CT molecular complexity index is 488. The number of ether oxygens (including phenoxy) is 2. The van der Waals surface area contributed by atoms with Crippen molar-refractivity contribution in [3.05, 3.63) is 24.3 Å². The van der Waals surface area contributed by atoms with Crippen molar-refractivity contribution in [2.24, 2.45) is 0 Å². The summed E-state index contributed by atoms with van der Waals surface area (Å²) in [7, 11) is 0. The highest BCUT2D eigenvalue weighted by atomic mass is 32.1. The minimum absolute atomic E-state index is 0.162. The molecule has 5 heteroatoms. The second kappa shape index (κ2) is 9.73. The normalized spacial score (nSPS) is 14.9. The van der Waals surface area contributed by atoms with Gasteiger partial charge < -0.3 is 20.1 Å². The molecule has 0 atom stereocenters. The average molecular weight is 337 g/mol. The second-order valence-corrected chi connectivity index (χ2v) is 6.61. The molecule has 1 aliphatic rings. The largest absolute Gasteiger partial charge is 0.491 e. The van der Waals surface area contributed by atoms with Crippen molar-refractivity contribution in [3.63, 3.8) is 0 Å². The van der Waals surface area contributed by atoms with Crippen LogP contribution in [0, 0.1) is 0 Å². The number of benzene rings is 1. The number of hydrogen-bond acceptors (Lipinski definition) is 3. The predicted molar refractivity (Wildman–Crippen MR) is 99.3 cm³/mol. The van der Waals surface area contributed by atoms with E-state index in [1.54, 1.807) is 0 Å². The van der Waals surface area contributed by atoms with E-state index in [1.807, 2.05) is 38.1 Å². The number of anilines is 1. The summed E-state index contributed by atoms with van der Waals surface area (Å²) >= 11 is 5.32. The average Bonchev–Trinajstić information content (AvgIpc) is 3.00. The molecule has 0 bridgehead atoms. The van der Waals surface area contributed by atoms with Gasteiger partial charge in [-0.3, -0.25) is 0 Å². The van der Waals surface area contributed by atoms with Crippen LogP contribution in [0.25, 0.3) is 0 Å². The van der Waals surface area contributed by atoms with Crippen LogP contribution in [0.15, 0.2) is 24.3 Å². The standard InChI is InChI=1S/C18H28N2O2S/c1-14(2)22-17-10-5-7-15(13-17)20-18(23)19-11-6-12-21-16-8-3-4-9-16/h5,7,10,13-14,16H,3-4,6,8-9,11-12H2,1-2H3,(H2,19,20,23). The van der Waals surface area contributed by atoms with Crippen LogP contribution in [0.5, 0.6) is 5.75 Å². The minimum atomic E-state index is 0.162. The third kappa shape index (κ3) is 7.18. The number of nitrogens with one attached hydrogen (secondary N) is 2. The van der Waals surface area contributed by atoms with E-state index in [1.165, 1.54) is 25.7 Å². The van der Waals surface area contributed by atoms with Crippen molar-refractivity contribution in [2.75, 3.05) is 18.5 Å². The molecule has 2 rings (SSSR count). The maximum atomic E-state index is 5.84. The smallest absolute Gasteiger partial charge is 0.170 e.